The van der Waals surface area contributed by atoms with E-state index in [2.05, 4.69) is 6.92 Å². The van der Waals surface area contributed by atoms with Crippen LogP contribution in [0, 0.1) is 0 Å². The number of aliphatic hydroxyl groups is 1. The van der Waals surface area contributed by atoms with Gasteiger partial charge in [-0.25, -0.2) is 4.79 Å². The summed E-state index contributed by atoms with van der Waals surface area (Å²) < 4.78 is 0. The third-order valence-corrected chi connectivity index (χ3v) is 1.62. The predicted molar refractivity (Wildman–Crippen MR) is 52.3 cm³/mol. The van der Waals surface area contributed by atoms with Gasteiger partial charge >= 0.3 is 32.2 Å². The molecule has 0 aromatic rings. The fraction of sp³-hybridized carbons (Fsp3) is 0.875. The molecule has 0 saturated carbocycles. The van der Waals surface area contributed by atoms with Crippen LogP contribution >= 0.6 is 0 Å². The van der Waals surface area contributed by atoms with E-state index in [0.29, 0.717) is 6.42 Å². The zero-order chi connectivity index (χ0) is 8.69. The molecule has 12 heavy (non-hydrogen) atoms. The number of carbonyl (C=O) groups is 1. The van der Waals surface area contributed by atoms with E-state index >= 15 is 0 Å². The summed E-state index contributed by atoms with van der Waals surface area (Å²) in [5.74, 6) is -1.11. The number of hydrogen-bond donors (Lipinski definition) is 2. The molecule has 0 aliphatic heterocycles. The Bertz CT molecular complexity index is 117. The molecule has 4 heteroatoms. The minimum atomic E-state index is -1.16. The van der Waals surface area contributed by atoms with Crippen LogP contribution in [0.15, 0.2) is 0 Å². The number of unbranched alkanes of at least 4 members (excludes halogenated alkanes) is 3. The molecule has 3 nitrogen and oxygen atoms in total. The summed E-state index contributed by atoms with van der Waals surface area (Å²) in [5.41, 5.74) is 0. The second kappa shape index (κ2) is 9.40. The molecule has 0 rings (SSSR count). The molecule has 0 bridgehead atoms. The Morgan fingerprint density at radius 1 is 1.33 bits per heavy atom. The van der Waals surface area contributed by atoms with Crippen LogP contribution in [0.2, 0.25) is 0 Å². The van der Waals surface area contributed by atoms with Gasteiger partial charge in [-0.15, -0.1) is 0 Å². The van der Waals surface area contributed by atoms with Gasteiger partial charge in [0.05, 0.1) is 0 Å². The topological polar surface area (TPSA) is 57.5 Å². The van der Waals surface area contributed by atoms with Gasteiger partial charge in [-0.05, 0) is 6.42 Å². The fourth-order valence-corrected chi connectivity index (χ4v) is 0.888. The second-order valence-electron chi connectivity index (χ2n) is 2.70. The van der Waals surface area contributed by atoms with Gasteiger partial charge in [0, 0.05) is 0 Å². The van der Waals surface area contributed by atoms with Crippen LogP contribution in [0.3, 0.4) is 0 Å². The Hall–Kier alpha value is 0.313. The van der Waals surface area contributed by atoms with Crippen LogP contribution in [-0.4, -0.2) is 48.5 Å². The fourth-order valence-electron chi connectivity index (χ4n) is 0.888. The monoisotopic (exact) mass is 372 g/mol. The summed E-state index contributed by atoms with van der Waals surface area (Å²) >= 11 is 0. The van der Waals surface area contributed by atoms with Crippen molar-refractivity contribution in [2.45, 2.75) is 45.1 Å². The van der Waals surface area contributed by atoms with Crippen LogP contribution < -0.4 is 0 Å². The maximum atomic E-state index is 10.1. The number of rotatable bonds is 6. The average molecular weight is 372 g/mol. The quantitative estimate of drug-likeness (QED) is 0.518. The standard InChI is InChI=1S/C8H16O3.Bi.3H/c1-2-3-4-5-6-7(9)8(10)11;;;;/h7,9H,2-6H2,1H3,(H,10,11);;;;. The van der Waals surface area contributed by atoms with E-state index in [1.54, 1.807) is 0 Å². The molecule has 1 unspecified atom stereocenters. The third-order valence-electron chi connectivity index (χ3n) is 1.62. The molecule has 0 amide bonds. The van der Waals surface area contributed by atoms with E-state index in [1.807, 2.05) is 0 Å². The molecule has 0 spiro atoms. The van der Waals surface area contributed by atoms with Crippen molar-refractivity contribution in [3.05, 3.63) is 0 Å². The van der Waals surface area contributed by atoms with Crippen LogP contribution in [0.4, 0.5) is 0 Å². The number of carboxylic acid groups (broad SMARTS) is 1. The van der Waals surface area contributed by atoms with Crippen LogP contribution in [0.25, 0.3) is 0 Å². The summed E-state index contributed by atoms with van der Waals surface area (Å²) in [5, 5.41) is 17.1. The van der Waals surface area contributed by atoms with Gasteiger partial charge in [-0.3, -0.25) is 0 Å². The number of aliphatic carboxylic acids is 1. The van der Waals surface area contributed by atoms with Crippen molar-refractivity contribution in [3.8, 4) is 0 Å². The van der Waals surface area contributed by atoms with E-state index < -0.39 is 12.1 Å². The van der Waals surface area contributed by atoms with Crippen LogP contribution in [0.5, 0.6) is 0 Å². The summed E-state index contributed by atoms with van der Waals surface area (Å²) in [6.45, 7) is 2.09. The second-order valence-corrected chi connectivity index (χ2v) is 2.70. The van der Waals surface area contributed by atoms with Gasteiger partial charge in [0.2, 0.25) is 0 Å². The van der Waals surface area contributed by atoms with Gasteiger partial charge < -0.3 is 10.2 Å². The molecule has 74 valence electrons. The van der Waals surface area contributed by atoms with E-state index in [9.17, 15) is 4.79 Å². The Labute approximate surface area is 92.3 Å². The van der Waals surface area contributed by atoms with Crippen LogP contribution in [0.1, 0.15) is 39.0 Å². The first kappa shape index (κ1) is 14.8. The zero-order valence-corrected chi connectivity index (χ0v) is 13.1. The van der Waals surface area contributed by atoms with E-state index in [0.717, 1.165) is 25.7 Å². The van der Waals surface area contributed by atoms with E-state index in [-0.39, 0.29) is 26.2 Å². The molecule has 0 aliphatic carbocycles. The van der Waals surface area contributed by atoms with Gasteiger partial charge in [0.1, 0.15) is 0 Å². The van der Waals surface area contributed by atoms with Gasteiger partial charge in [0.15, 0.2) is 6.10 Å². The molecule has 0 radical (unpaired) electrons. The Morgan fingerprint density at radius 3 is 2.33 bits per heavy atom. The Kier molecular flexibility index (Phi) is 11.6. The molecule has 0 heterocycles. The third kappa shape index (κ3) is 8.41. The maximum absolute atomic E-state index is 10.1. The predicted octanol–water partition coefficient (Wildman–Crippen LogP) is 0.218. The molecular formula is C8H19BiO3. The molecule has 0 aromatic heterocycles. The summed E-state index contributed by atoms with van der Waals surface area (Å²) in [6.07, 6.45) is 3.29. The number of carboxylic acids is 1. The normalized spacial score (nSPS) is 11.8. The van der Waals surface area contributed by atoms with Crippen molar-refractivity contribution in [1.29, 1.82) is 0 Å². The van der Waals surface area contributed by atoms with Crippen molar-refractivity contribution in [1.82, 2.24) is 0 Å². The molecule has 0 saturated heterocycles. The summed E-state index contributed by atoms with van der Waals surface area (Å²) in [4.78, 5) is 10.1. The zero-order valence-electron chi connectivity index (χ0n) is 7.62. The first-order valence-electron chi connectivity index (χ1n) is 4.09. The van der Waals surface area contributed by atoms with Crippen LogP contribution in [-0.2, 0) is 4.79 Å². The van der Waals surface area contributed by atoms with Crippen molar-refractivity contribution < 1.29 is 15.0 Å². The van der Waals surface area contributed by atoms with Gasteiger partial charge in [-0.1, -0.05) is 32.6 Å². The summed E-state index contributed by atoms with van der Waals surface area (Å²) in [6, 6.07) is 0. The average Bonchev–Trinajstić information content (AvgIpc) is 1.97. The molecule has 0 aromatic carbocycles. The van der Waals surface area contributed by atoms with Crippen molar-refractivity contribution in [2.75, 3.05) is 0 Å². The molecular weight excluding hydrogens is 353 g/mol. The molecule has 2 N–H and O–H groups in total. The minimum absolute atomic E-state index is 0. The van der Waals surface area contributed by atoms with E-state index in [1.165, 1.54) is 0 Å². The first-order valence-corrected chi connectivity index (χ1v) is 4.09. The number of aliphatic hydroxyl groups excluding tert-OH is 1. The first-order chi connectivity index (χ1) is 5.18. The summed E-state index contributed by atoms with van der Waals surface area (Å²) in [7, 11) is 0. The Morgan fingerprint density at radius 2 is 1.92 bits per heavy atom. The van der Waals surface area contributed by atoms with Crippen molar-refractivity contribution in [3.63, 3.8) is 0 Å². The number of hydrogen-bond acceptors (Lipinski definition) is 2. The van der Waals surface area contributed by atoms with Crippen molar-refractivity contribution in [2.24, 2.45) is 0 Å². The van der Waals surface area contributed by atoms with Crippen molar-refractivity contribution >= 4 is 32.2 Å². The Balaban J connectivity index is 0. The molecule has 0 fully saturated rings. The van der Waals surface area contributed by atoms with Gasteiger partial charge in [0.25, 0.3) is 0 Å². The van der Waals surface area contributed by atoms with E-state index in [4.69, 9.17) is 10.2 Å². The van der Waals surface area contributed by atoms with Gasteiger partial charge in [-0.2, -0.15) is 0 Å². The molecule has 0 aliphatic rings. The molecule has 1 atom stereocenters. The SMILES string of the molecule is CCCCCCC(O)C(=O)O.[BiH3].